The van der Waals surface area contributed by atoms with Crippen LogP contribution in [0.3, 0.4) is 0 Å². The van der Waals surface area contributed by atoms with Gasteiger partial charge in [-0.25, -0.2) is 0 Å². The van der Waals surface area contributed by atoms with Gasteiger partial charge in [0.1, 0.15) is 11.2 Å². The van der Waals surface area contributed by atoms with E-state index in [0.717, 1.165) is 12.0 Å². The van der Waals surface area contributed by atoms with Crippen LogP contribution < -0.4 is 4.74 Å². The standard InChI is InChI=1S/C16H22O5/c1-19-9-4-10-20-11-7-16(15(17)18)8-12-21-14-6-3-2-5-13(14)16/h2-3,5-6H,4,7-12H2,1H3,(H,17,18). The Morgan fingerprint density at radius 1 is 1.33 bits per heavy atom. The minimum Gasteiger partial charge on any atom is -0.493 e. The van der Waals surface area contributed by atoms with Crippen LogP contribution in [0.4, 0.5) is 0 Å². The maximum atomic E-state index is 11.9. The van der Waals surface area contributed by atoms with Gasteiger partial charge in [0.2, 0.25) is 0 Å². The van der Waals surface area contributed by atoms with Crippen molar-refractivity contribution < 1.29 is 24.1 Å². The largest absolute Gasteiger partial charge is 0.493 e. The van der Waals surface area contributed by atoms with E-state index in [0.29, 0.717) is 45.0 Å². The number of carboxylic acids is 1. The minimum atomic E-state index is -0.907. The molecule has 0 saturated carbocycles. The Morgan fingerprint density at radius 3 is 2.90 bits per heavy atom. The Labute approximate surface area is 124 Å². The highest BCUT2D eigenvalue weighted by atomic mass is 16.5. The molecule has 116 valence electrons. The summed E-state index contributed by atoms with van der Waals surface area (Å²) in [5.74, 6) is -0.135. The summed E-state index contributed by atoms with van der Waals surface area (Å²) in [5.41, 5.74) is -0.153. The summed E-state index contributed by atoms with van der Waals surface area (Å²) in [4.78, 5) is 11.9. The number of hydrogen-bond donors (Lipinski definition) is 1. The molecule has 0 amide bonds. The van der Waals surface area contributed by atoms with Crippen molar-refractivity contribution >= 4 is 5.97 Å². The average molecular weight is 294 g/mol. The number of carbonyl (C=O) groups is 1. The molecular weight excluding hydrogens is 272 g/mol. The molecule has 5 heteroatoms. The first kappa shape index (κ1) is 15.8. The topological polar surface area (TPSA) is 65.0 Å². The van der Waals surface area contributed by atoms with E-state index in [-0.39, 0.29) is 0 Å². The summed E-state index contributed by atoms with van der Waals surface area (Å²) in [6.07, 6.45) is 1.74. The zero-order valence-corrected chi connectivity index (χ0v) is 12.3. The lowest BCUT2D eigenvalue weighted by Gasteiger charge is -2.35. The maximum absolute atomic E-state index is 11.9. The summed E-state index contributed by atoms with van der Waals surface area (Å²) in [6, 6.07) is 7.38. The van der Waals surface area contributed by atoms with Gasteiger partial charge in [0.25, 0.3) is 0 Å². The van der Waals surface area contributed by atoms with Crippen molar-refractivity contribution in [2.45, 2.75) is 24.7 Å². The van der Waals surface area contributed by atoms with E-state index >= 15 is 0 Å². The second-order valence-electron chi connectivity index (χ2n) is 5.19. The molecule has 5 nitrogen and oxygen atoms in total. The van der Waals surface area contributed by atoms with E-state index in [1.165, 1.54) is 0 Å². The highest BCUT2D eigenvalue weighted by Gasteiger charge is 2.44. The summed E-state index contributed by atoms with van der Waals surface area (Å²) in [5, 5.41) is 9.75. The Kier molecular flexibility index (Phi) is 5.59. The van der Waals surface area contributed by atoms with E-state index in [9.17, 15) is 9.90 Å². The van der Waals surface area contributed by atoms with Gasteiger partial charge in [-0.1, -0.05) is 18.2 Å². The van der Waals surface area contributed by atoms with Crippen LogP contribution in [-0.2, 0) is 19.7 Å². The van der Waals surface area contributed by atoms with E-state index in [1.807, 2.05) is 24.3 Å². The highest BCUT2D eigenvalue weighted by molar-refractivity contribution is 5.83. The molecule has 1 heterocycles. The fraction of sp³-hybridized carbons (Fsp3) is 0.562. The normalized spacial score (nSPS) is 20.6. The molecule has 0 bridgehead atoms. The lowest BCUT2D eigenvalue weighted by molar-refractivity contribution is -0.146. The van der Waals surface area contributed by atoms with Crippen molar-refractivity contribution in [1.29, 1.82) is 0 Å². The molecule has 0 fully saturated rings. The second-order valence-corrected chi connectivity index (χ2v) is 5.19. The third kappa shape index (κ3) is 3.54. The molecule has 1 aromatic rings. The van der Waals surface area contributed by atoms with Gasteiger partial charge in [0.05, 0.1) is 6.61 Å². The van der Waals surface area contributed by atoms with Crippen molar-refractivity contribution in [3.63, 3.8) is 0 Å². The Balaban J connectivity index is 2.03. The monoisotopic (exact) mass is 294 g/mol. The third-order valence-corrected chi connectivity index (χ3v) is 3.91. The zero-order chi connectivity index (χ0) is 15.1. The molecule has 1 unspecified atom stereocenters. The molecule has 1 aliphatic heterocycles. The van der Waals surface area contributed by atoms with E-state index in [4.69, 9.17) is 14.2 Å². The Bertz CT molecular complexity index is 473. The second kappa shape index (κ2) is 7.43. The molecule has 1 atom stereocenters. The predicted octanol–water partition coefficient (Wildman–Crippen LogP) is 2.23. The van der Waals surface area contributed by atoms with Crippen molar-refractivity contribution in [3.8, 4) is 5.75 Å². The lowest BCUT2D eigenvalue weighted by Crippen LogP contribution is -2.41. The molecular formula is C16H22O5. The van der Waals surface area contributed by atoms with Gasteiger partial charge >= 0.3 is 5.97 Å². The van der Waals surface area contributed by atoms with Crippen LogP contribution in [0.25, 0.3) is 0 Å². The van der Waals surface area contributed by atoms with Gasteiger partial charge in [0, 0.05) is 38.9 Å². The van der Waals surface area contributed by atoms with Crippen LogP contribution in [0.15, 0.2) is 24.3 Å². The number of methoxy groups -OCH3 is 1. The number of rotatable bonds is 8. The number of benzene rings is 1. The van der Waals surface area contributed by atoms with Gasteiger partial charge in [0.15, 0.2) is 0 Å². The van der Waals surface area contributed by atoms with E-state index < -0.39 is 11.4 Å². The zero-order valence-electron chi connectivity index (χ0n) is 12.3. The first-order valence-electron chi connectivity index (χ1n) is 7.23. The van der Waals surface area contributed by atoms with Gasteiger partial charge in [-0.3, -0.25) is 4.79 Å². The molecule has 2 rings (SSSR count). The number of fused-ring (bicyclic) bond motifs is 1. The van der Waals surface area contributed by atoms with Crippen LogP contribution in [0.1, 0.15) is 24.8 Å². The molecule has 0 aliphatic carbocycles. The number of para-hydroxylation sites is 1. The number of carboxylic acid groups (broad SMARTS) is 1. The quantitative estimate of drug-likeness (QED) is 0.745. The van der Waals surface area contributed by atoms with Gasteiger partial charge in [-0.05, 0) is 18.9 Å². The van der Waals surface area contributed by atoms with Crippen molar-refractivity contribution in [3.05, 3.63) is 29.8 Å². The Morgan fingerprint density at radius 2 is 2.14 bits per heavy atom. The lowest BCUT2D eigenvalue weighted by atomic mass is 9.73. The van der Waals surface area contributed by atoms with Crippen molar-refractivity contribution in [2.75, 3.05) is 33.5 Å². The smallest absolute Gasteiger partial charge is 0.314 e. The number of hydrogen-bond acceptors (Lipinski definition) is 4. The van der Waals surface area contributed by atoms with Crippen molar-refractivity contribution in [1.82, 2.24) is 0 Å². The molecule has 21 heavy (non-hydrogen) atoms. The van der Waals surface area contributed by atoms with Gasteiger partial charge in [-0.15, -0.1) is 0 Å². The molecule has 1 aliphatic rings. The summed E-state index contributed by atoms with van der Waals surface area (Å²) in [6.45, 7) is 2.08. The van der Waals surface area contributed by atoms with Crippen LogP contribution in [0.5, 0.6) is 5.75 Å². The average Bonchev–Trinajstić information content (AvgIpc) is 2.50. The molecule has 1 N–H and O–H groups in total. The SMILES string of the molecule is COCCCOCCC1(C(=O)O)CCOc2ccccc21. The predicted molar refractivity (Wildman–Crippen MR) is 77.8 cm³/mol. The molecule has 0 saturated heterocycles. The third-order valence-electron chi connectivity index (χ3n) is 3.91. The van der Waals surface area contributed by atoms with Crippen LogP contribution in [0.2, 0.25) is 0 Å². The van der Waals surface area contributed by atoms with E-state index in [2.05, 4.69) is 0 Å². The summed E-state index contributed by atoms with van der Waals surface area (Å²) >= 11 is 0. The summed E-state index contributed by atoms with van der Waals surface area (Å²) in [7, 11) is 1.65. The van der Waals surface area contributed by atoms with Crippen LogP contribution >= 0.6 is 0 Å². The molecule has 1 aromatic carbocycles. The fourth-order valence-electron chi connectivity index (χ4n) is 2.70. The molecule has 0 radical (unpaired) electrons. The Hall–Kier alpha value is -1.59. The first-order chi connectivity index (χ1) is 10.2. The highest BCUT2D eigenvalue weighted by Crippen LogP contribution is 2.41. The van der Waals surface area contributed by atoms with Crippen LogP contribution in [-0.4, -0.2) is 44.6 Å². The fourth-order valence-corrected chi connectivity index (χ4v) is 2.70. The minimum absolute atomic E-state index is 0.421. The summed E-state index contributed by atoms with van der Waals surface area (Å²) < 4.78 is 16.1. The molecule has 0 aromatic heterocycles. The number of ether oxygens (including phenoxy) is 3. The van der Waals surface area contributed by atoms with Crippen LogP contribution in [0, 0.1) is 0 Å². The maximum Gasteiger partial charge on any atom is 0.314 e. The number of aliphatic carboxylic acids is 1. The first-order valence-corrected chi connectivity index (χ1v) is 7.23. The van der Waals surface area contributed by atoms with Gasteiger partial charge < -0.3 is 19.3 Å². The van der Waals surface area contributed by atoms with E-state index in [1.54, 1.807) is 7.11 Å². The van der Waals surface area contributed by atoms with Gasteiger partial charge in [-0.2, -0.15) is 0 Å². The van der Waals surface area contributed by atoms with Crippen molar-refractivity contribution in [2.24, 2.45) is 0 Å². The molecule has 0 spiro atoms.